The summed E-state index contributed by atoms with van der Waals surface area (Å²) < 4.78 is 28.0. The second-order valence-corrected chi connectivity index (χ2v) is 9.46. The van der Waals surface area contributed by atoms with Gasteiger partial charge in [0.15, 0.2) is 0 Å². The molecule has 0 saturated carbocycles. The lowest BCUT2D eigenvalue weighted by molar-refractivity contribution is 0.0694. The standard InChI is InChI=1S/C26H27ClFNO6/c1-14(2)22(12-30)29-11-19(26(32)33)25(31)18-9-16(8-15-4-3-5-20(27)24(15)28)23(10-21(18)29)35-17-6-7-34-13-17/h3-5,9-11,14,17,22,30H,6-8,12-13H2,1-2H3,(H,32,33)/t17-,22+/m0/s1. The Balaban J connectivity index is 1.97. The van der Waals surface area contributed by atoms with Crippen LogP contribution in [0, 0.1) is 11.7 Å². The molecule has 0 amide bonds. The van der Waals surface area contributed by atoms with Crippen molar-refractivity contribution in [2.24, 2.45) is 5.92 Å². The van der Waals surface area contributed by atoms with Crippen molar-refractivity contribution in [1.29, 1.82) is 0 Å². The van der Waals surface area contributed by atoms with E-state index in [1.807, 2.05) is 13.8 Å². The highest BCUT2D eigenvalue weighted by atomic mass is 35.5. The first-order valence-corrected chi connectivity index (χ1v) is 11.8. The summed E-state index contributed by atoms with van der Waals surface area (Å²) >= 11 is 5.97. The number of halogens is 2. The smallest absolute Gasteiger partial charge is 0.341 e. The van der Waals surface area contributed by atoms with Crippen LogP contribution in [0.2, 0.25) is 5.02 Å². The summed E-state index contributed by atoms with van der Waals surface area (Å²) in [5.41, 5.74) is 0.190. The lowest BCUT2D eigenvalue weighted by Gasteiger charge is -2.26. The van der Waals surface area contributed by atoms with E-state index in [0.717, 1.165) is 0 Å². The topological polar surface area (TPSA) is 98.0 Å². The lowest BCUT2D eigenvalue weighted by Crippen LogP contribution is -2.26. The van der Waals surface area contributed by atoms with Gasteiger partial charge in [0, 0.05) is 30.5 Å². The Bertz CT molecular complexity index is 1320. The highest BCUT2D eigenvalue weighted by Gasteiger charge is 2.25. The van der Waals surface area contributed by atoms with Crippen LogP contribution in [0.25, 0.3) is 10.9 Å². The third-order valence-corrected chi connectivity index (χ3v) is 6.64. The number of carbonyl (C=O) groups is 1. The zero-order valence-corrected chi connectivity index (χ0v) is 20.2. The second kappa shape index (κ2) is 10.4. The highest BCUT2D eigenvalue weighted by molar-refractivity contribution is 6.30. The number of carboxylic acids is 1. The van der Waals surface area contributed by atoms with Crippen LogP contribution in [0.5, 0.6) is 5.75 Å². The fraction of sp³-hybridized carbons (Fsp3) is 0.385. The van der Waals surface area contributed by atoms with E-state index < -0.39 is 28.8 Å². The molecule has 4 rings (SSSR count). The number of aromatic nitrogens is 1. The van der Waals surface area contributed by atoms with Gasteiger partial charge < -0.3 is 24.3 Å². The molecule has 0 aliphatic carbocycles. The minimum atomic E-state index is -1.36. The molecule has 186 valence electrons. The average Bonchev–Trinajstić information content (AvgIpc) is 3.32. The van der Waals surface area contributed by atoms with E-state index in [1.165, 1.54) is 12.3 Å². The maximum atomic E-state index is 14.7. The van der Waals surface area contributed by atoms with E-state index in [1.54, 1.807) is 28.8 Å². The number of hydrogen-bond acceptors (Lipinski definition) is 5. The third kappa shape index (κ3) is 5.05. The van der Waals surface area contributed by atoms with Crippen LogP contribution in [0.1, 0.15) is 47.8 Å². The van der Waals surface area contributed by atoms with Crippen LogP contribution in [-0.4, -0.2) is 46.7 Å². The maximum Gasteiger partial charge on any atom is 0.341 e. The normalized spacial score (nSPS) is 16.7. The molecule has 0 bridgehead atoms. The molecule has 1 aliphatic heterocycles. The molecule has 0 spiro atoms. The number of nitrogens with zero attached hydrogens (tertiary/aromatic N) is 1. The number of fused-ring (bicyclic) bond motifs is 1. The molecule has 9 heteroatoms. The average molecular weight is 504 g/mol. The van der Waals surface area contributed by atoms with Gasteiger partial charge in [0.05, 0.1) is 36.4 Å². The van der Waals surface area contributed by atoms with Crippen molar-refractivity contribution in [3.63, 3.8) is 0 Å². The molecular weight excluding hydrogens is 477 g/mol. The van der Waals surface area contributed by atoms with Crippen molar-refractivity contribution in [2.75, 3.05) is 19.8 Å². The lowest BCUT2D eigenvalue weighted by atomic mass is 9.98. The Hall–Kier alpha value is -2.94. The summed E-state index contributed by atoms with van der Waals surface area (Å²) in [6.07, 6.45) is 1.81. The Morgan fingerprint density at radius 1 is 1.31 bits per heavy atom. The van der Waals surface area contributed by atoms with Gasteiger partial charge in [-0.2, -0.15) is 0 Å². The van der Waals surface area contributed by atoms with E-state index in [-0.39, 0.29) is 35.5 Å². The summed E-state index contributed by atoms with van der Waals surface area (Å²) in [7, 11) is 0. The molecule has 2 N–H and O–H groups in total. The number of ether oxygens (including phenoxy) is 2. The van der Waals surface area contributed by atoms with Gasteiger partial charge in [-0.05, 0) is 29.2 Å². The Kier molecular flexibility index (Phi) is 7.44. The van der Waals surface area contributed by atoms with E-state index in [0.29, 0.717) is 42.0 Å². The Morgan fingerprint density at radius 2 is 2.09 bits per heavy atom. The molecule has 1 aromatic heterocycles. The first kappa shape index (κ1) is 25.2. The molecule has 0 unspecified atom stereocenters. The fourth-order valence-corrected chi connectivity index (χ4v) is 4.59. The number of aliphatic hydroxyl groups is 1. The van der Waals surface area contributed by atoms with Crippen molar-refractivity contribution < 1.29 is 28.9 Å². The summed E-state index contributed by atoms with van der Waals surface area (Å²) in [6.45, 7) is 4.50. The molecule has 1 saturated heterocycles. The Morgan fingerprint density at radius 3 is 2.71 bits per heavy atom. The number of pyridine rings is 1. The number of aromatic carboxylic acids is 1. The first-order valence-electron chi connectivity index (χ1n) is 11.4. The number of aliphatic hydroxyl groups excluding tert-OH is 1. The maximum absolute atomic E-state index is 14.7. The highest BCUT2D eigenvalue weighted by Crippen LogP contribution is 2.33. The van der Waals surface area contributed by atoms with E-state index in [9.17, 15) is 24.2 Å². The molecule has 0 radical (unpaired) electrons. The fourth-order valence-electron chi connectivity index (χ4n) is 4.39. The quantitative estimate of drug-likeness (QED) is 0.471. The molecule has 2 atom stereocenters. The molecule has 1 fully saturated rings. The predicted octanol–water partition coefficient (Wildman–Crippen LogP) is 4.44. The van der Waals surface area contributed by atoms with Crippen molar-refractivity contribution in [2.45, 2.75) is 38.8 Å². The zero-order chi connectivity index (χ0) is 25.3. The SMILES string of the molecule is CC(C)[C@@H](CO)n1cc(C(=O)O)c(=O)c2cc(Cc3cccc(Cl)c3F)c(O[C@H]3CCOC3)cc21. The molecule has 3 aromatic rings. The molecule has 7 nitrogen and oxygen atoms in total. The van der Waals surface area contributed by atoms with Crippen LogP contribution in [-0.2, 0) is 11.2 Å². The van der Waals surface area contributed by atoms with Gasteiger partial charge >= 0.3 is 5.97 Å². The molecule has 2 aromatic carbocycles. The number of rotatable bonds is 8. The van der Waals surface area contributed by atoms with Crippen LogP contribution >= 0.6 is 11.6 Å². The molecular formula is C26H27ClFNO6. The van der Waals surface area contributed by atoms with Gasteiger partial charge in [0.2, 0.25) is 5.43 Å². The number of benzene rings is 2. The largest absolute Gasteiger partial charge is 0.488 e. The summed E-state index contributed by atoms with van der Waals surface area (Å²) in [5.74, 6) is -1.55. The van der Waals surface area contributed by atoms with Gasteiger partial charge in [-0.1, -0.05) is 37.6 Å². The van der Waals surface area contributed by atoms with Gasteiger partial charge in [-0.15, -0.1) is 0 Å². The van der Waals surface area contributed by atoms with Gasteiger partial charge in [0.25, 0.3) is 0 Å². The van der Waals surface area contributed by atoms with Crippen LogP contribution in [0.15, 0.2) is 41.3 Å². The van der Waals surface area contributed by atoms with E-state index >= 15 is 0 Å². The predicted molar refractivity (Wildman–Crippen MR) is 130 cm³/mol. The summed E-state index contributed by atoms with van der Waals surface area (Å²) in [4.78, 5) is 25.0. The molecule has 1 aliphatic rings. The minimum absolute atomic E-state index is 0.0202. The van der Waals surface area contributed by atoms with Crippen LogP contribution in [0.3, 0.4) is 0 Å². The number of carboxylic acid groups (broad SMARTS) is 1. The Labute approximate surface area is 206 Å². The zero-order valence-electron chi connectivity index (χ0n) is 19.5. The molecule has 2 heterocycles. The minimum Gasteiger partial charge on any atom is -0.488 e. The van der Waals surface area contributed by atoms with Gasteiger partial charge in [-0.3, -0.25) is 4.79 Å². The second-order valence-electron chi connectivity index (χ2n) is 9.05. The molecule has 35 heavy (non-hydrogen) atoms. The van der Waals surface area contributed by atoms with Gasteiger partial charge in [-0.25, -0.2) is 9.18 Å². The summed E-state index contributed by atoms with van der Waals surface area (Å²) in [6, 6.07) is 7.43. The third-order valence-electron chi connectivity index (χ3n) is 6.35. The van der Waals surface area contributed by atoms with E-state index in [2.05, 4.69) is 0 Å². The van der Waals surface area contributed by atoms with E-state index in [4.69, 9.17) is 21.1 Å². The summed E-state index contributed by atoms with van der Waals surface area (Å²) in [5, 5.41) is 19.9. The monoisotopic (exact) mass is 503 g/mol. The van der Waals surface area contributed by atoms with Crippen molar-refractivity contribution >= 4 is 28.5 Å². The van der Waals surface area contributed by atoms with Crippen molar-refractivity contribution in [3.8, 4) is 5.75 Å². The number of hydrogen-bond donors (Lipinski definition) is 2. The first-order chi connectivity index (χ1) is 16.7. The van der Waals surface area contributed by atoms with Gasteiger partial charge in [0.1, 0.15) is 23.2 Å². The van der Waals surface area contributed by atoms with Crippen molar-refractivity contribution in [1.82, 2.24) is 4.57 Å². The van der Waals surface area contributed by atoms with Crippen LogP contribution in [0.4, 0.5) is 4.39 Å². The van der Waals surface area contributed by atoms with Crippen molar-refractivity contribution in [3.05, 3.63) is 74.3 Å². The van der Waals surface area contributed by atoms with Crippen LogP contribution < -0.4 is 10.2 Å².